The Labute approximate surface area is 122 Å². The Morgan fingerprint density at radius 1 is 1.42 bits per heavy atom. The third kappa shape index (κ3) is 2.15. The highest BCUT2D eigenvalue weighted by Gasteiger charge is 2.10. The molecular formula is C12H9BrN4OS. The van der Waals surface area contributed by atoms with Crippen molar-refractivity contribution in [3.8, 4) is 17.0 Å². The fourth-order valence-electron chi connectivity index (χ4n) is 1.87. The molecule has 0 aliphatic rings. The van der Waals surface area contributed by atoms with E-state index >= 15 is 0 Å². The summed E-state index contributed by atoms with van der Waals surface area (Å²) in [4.78, 5) is 8.55. The van der Waals surface area contributed by atoms with E-state index in [9.17, 15) is 0 Å². The molecule has 3 heterocycles. The number of nitrogens with zero attached hydrogens (tertiary/aromatic N) is 3. The molecule has 0 amide bonds. The van der Waals surface area contributed by atoms with E-state index in [1.165, 1.54) is 0 Å². The molecule has 0 radical (unpaired) electrons. The monoisotopic (exact) mass is 336 g/mol. The van der Waals surface area contributed by atoms with Crippen LogP contribution < -0.4 is 4.74 Å². The van der Waals surface area contributed by atoms with Gasteiger partial charge >= 0.3 is 0 Å². The number of ether oxygens (including phenoxy) is 1. The molecule has 0 aromatic carbocycles. The molecule has 3 rings (SSSR count). The van der Waals surface area contributed by atoms with Gasteiger partial charge in [0.2, 0.25) is 4.77 Å². The first-order valence-electron chi connectivity index (χ1n) is 5.46. The van der Waals surface area contributed by atoms with Gasteiger partial charge in [-0.1, -0.05) is 0 Å². The summed E-state index contributed by atoms with van der Waals surface area (Å²) in [5.41, 5.74) is 2.55. The highest BCUT2D eigenvalue weighted by atomic mass is 79.9. The number of pyridine rings is 1. The molecule has 0 fully saturated rings. The SMILES string of the molecule is COc1cnc(Br)cc1-c1cc2cc[nH]n2c(=S)n1. The second-order valence-corrected chi connectivity index (χ2v) is 5.03. The maximum absolute atomic E-state index is 5.32. The number of rotatable bonds is 2. The zero-order valence-corrected chi connectivity index (χ0v) is 12.3. The van der Waals surface area contributed by atoms with Crippen LogP contribution in [0.4, 0.5) is 0 Å². The van der Waals surface area contributed by atoms with Gasteiger partial charge in [0.15, 0.2) is 0 Å². The number of hydrogen-bond acceptors (Lipinski definition) is 4. The molecule has 19 heavy (non-hydrogen) atoms. The molecule has 1 N–H and O–H groups in total. The third-order valence-electron chi connectivity index (χ3n) is 2.74. The van der Waals surface area contributed by atoms with Gasteiger partial charge in [-0.2, -0.15) is 0 Å². The average Bonchev–Trinajstić information content (AvgIpc) is 2.87. The van der Waals surface area contributed by atoms with Crippen LogP contribution in [-0.2, 0) is 0 Å². The largest absolute Gasteiger partial charge is 0.494 e. The predicted octanol–water partition coefficient (Wildman–Crippen LogP) is 3.22. The lowest BCUT2D eigenvalue weighted by Crippen LogP contribution is -1.97. The Bertz CT molecular complexity index is 811. The van der Waals surface area contributed by atoms with Crippen LogP contribution in [0.1, 0.15) is 0 Å². The number of fused-ring (bicyclic) bond motifs is 1. The summed E-state index contributed by atoms with van der Waals surface area (Å²) in [5.74, 6) is 0.657. The fraction of sp³-hybridized carbons (Fsp3) is 0.0833. The van der Waals surface area contributed by atoms with Crippen LogP contribution in [0.2, 0.25) is 0 Å². The van der Waals surface area contributed by atoms with Crippen LogP contribution in [-0.4, -0.2) is 26.7 Å². The van der Waals surface area contributed by atoms with Gasteiger partial charge in [0.05, 0.1) is 24.5 Å². The number of aromatic amines is 1. The van der Waals surface area contributed by atoms with Gasteiger partial charge in [0.1, 0.15) is 10.4 Å². The summed E-state index contributed by atoms with van der Waals surface area (Å²) in [6, 6.07) is 5.74. The Hall–Kier alpha value is -1.73. The van der Waals surface area contributed by atoms with E-state index in [1.54, 1.807) is 17.8 Å². The number of halogens is 1. The van der Waals surface area contributed by atoms with E-state index in [0.29, 0.717) is 10.5 Å². The molecule has 0 atom stereocenters. The topological polar surface area (TPSA) is 55.2 Å². The summed E-state index contributed by atoms with van der Waals surface area (Å²) >= 11 is 8.61. The van der Waals surface area contributed by atoms with E-state index in [2.05, 4.69) is 31.0 Å². The van der Waals surface area contributed by atoms with E-state index in [0.717, 1.165) is 21.4 Å². The number of methoxy groups -OCH3 is 1. The Morgan fingerprint density at radius 3 is 3.05 bits per heavy atom. The lowest BCUT2D eigenvalue weighted by molar-refractivity contribution is 0.414. The molecule has 0 spiro atoms. The molecule has 0 aliphatic carbocycles. The molecular weight excluding hydrogens is 328 g/mol. The van der Waals surface area contributed by atoms with Crippen LogP contribution in [0.25, 0.3) is 16.8 Å². The van der Waals surface area contributed by atoms with Crippen molar-refractivity contribution in [3.05, 3.63) is 40.0 Å². The number of aromatic nitrogens is 4. The van der Waals surface area contributed by atoms with Crippen molar-refractivity contribution in [1.29, 1.82) is 0 Å². The number of nitrogens with one attached hydrogen (secondary N) is 1. The molecule has 0 saturated carbocycles. The predicted molar refractivity (Wildman–Crippen MR) is 77.9 cm³/mol. The zero-order valence-electron chi connectivity index (χ0n) is 9.92. The minimum atomic E-state index is 0.465. The fourth-order valence-corrected chi connectivity index (χ4v) is 2.46. The average molecular weight is 337 g/mol. The summed E-state index contributed by atoms with van der Waals surface area (Å²) in [5, 5.41) is 3.00. The van der Waals surface area contributed by atoms with Gasteiger partial charge in [0.25, 0.3) is 0 Å². The lowest BCUT2D eigenvalue weighted by atomic mass is 10.1. The van der Waals surface area contributed by atoms with Crippen molar-refractivity contribution in [1.82, 2.24) is 19.6 Å². The third-order valence-corrected chi connectivity index (χ3v) is 3.45. The van der Waals surface area contributed by atoms with Gasteiger partial charge < -0.3 is 4.74 Å². The molecule has 3 aromatic heterocycles. The second-order valence-electron chi connectivity index (χ2n) is 3.85. The van der Waals surface area contributed by atoms with Crippen LogP contribution >= 0.6 is 28.1 Å². The van der Waals surface area contributed by atoms with Crippen molar-refractivity contribution in [3.63, 3.8) is 0 Å². The summed E-state index contributed by atoms with van der Waals surface area (Å²) < 4.78 is 8.24. The summed E-state index contributed by atoms with van der Waals surface area (Å²) in [6.07, 6.45) is 3.47. The molecule has 96 valence electrons. The minimum absolute atomic E-state index is 0.465. The second kappa shape index (κ2) is 4.75. The standard InChI is InChI=1S/C12H9BrN4OS/c1-18-10-6-14-11(13)5-8(10)9-4-7-2-3-15-17(7)12(19)16-9/h2-6,15H,1H3. The smallest absolute Gasteiger partial charge is 0.219 e. The van der Waals surface area contributed by atoms with Gasteiger partial charge in [-0.15, -0.1) is 0 Å². The lowest BCUT2D eigenvalue weighted by Gasteiger charge is -2.08. The summed E-state index contributed by atoms with van der Waals surface area (Å²) in [7, 11) is 1.60. The molecule has 0 saturated heterocycles. The molecule has 7 heteroatoms. The van der Waals surface area contributed by atoms with Gasteiger partial charge in [-0.3, -0.25) is 5.10 Å². The maximum Gasteiger partial charge on any atom is 0.219 e. The van der Waals surface area contributed by atoms with Gasteiger partial charge in [-0.05, 0) is 46.3 Å². The highest BCUT2D eigenvalue weighted by Crippen LogP contribution is 2.30. The number of hydrogen-bond donors (Lipinski definition) is 1. The van der Waals surface area contributed by atoms with Crippen molar-refractivity contribution in [2.75, 3.05) is 7.11 Å². The molecule has 0 bridgehead atoms. The van der Waals surface area contributed by atoms with Crippen molar-refractivity contribution < 1.29 is 4.74 Å². The van der Waals surface area contributed by atoms with Crippen LogP contribution in [0, 0.1) is 4.77 Å². The maximum atomic E-state index is 5.32. The van der Waals surface area contributed by atoms with E-state index in [-0.39, 0.29) is 0 Å². The number of H-pyrrole nitrogens is 1. The van der Waals surface area contributed by atoms with Crippen LogP contribution in [0.15, 0.2) is 35.2 Å². The minimum Gasteiger partial charge on any atom is -0.494 e. The first-order chi connectivity index (χ1) is 9.19. The van der Waals surface area contributed by atoms with Crippen molar-refractivity contribution in [2.24, 2.45) is 0 Å². The van der Waals surface area contributed by atoms with Crippen molar-refractivity contribution in [2.45, 2.75) is 0 Å². The zero-order chi connectivity index (χ0) is 13.4. The van der Waals surface area contributed by atoms with Crippen molar-refractivity contribution >= 4 is 33.7 Å². The quantitative estimate of drug-likeness (QED) is 0.576. The van der Waals surface area contributed by atoms with Crippen LogP contribution in [0.5, 0.6) is 5.75 Å². The van der Waals surface area contributed by atoms with Gasteiger partial charge in [0, 0.05) is 11.8 Å². The molecule has 0 unspecified atom stereocenters. The molecule has 5 nitrogen and oxygen atoms in total. The first-order valence-corrected chi connectivity index (χ1v) is 6.66. The highest BCUT2D eigenvalue weighted by molar-refractivity contribution is 9.10. The first kappa shape index (κ1) is 12.3. The normalized spacial score (nSPS) is 10.8. The molecule has 3 aromatic rings. The van der Waals surface area contributed by atoms with E-state index in [4.69, 9.17) is 17.0 Å². The van der Waals surface area contributed by atoms with Gasteiger partial charge in [-0.25, -0.2) is 14.5 Å². The Balaban J connectivity index is 2.29. The molecule has 0 aliphatic heterocycles. The van der Waals surface area contributed by atoms with E-state index in [1.807, 2.05) is 24.4 Å². The van der Waals surface area contributed by atoms with E-state index < -0.39 is 0 Å². The van der Waals surface area contributed by atoms with Crippen LogP contribution in [0.3, 0.4) is 0 Å². The Kier molecular flexibility index (Phi) is 3.08. The Morgan fingerprint density at radius 2 is 2.26 bits per heavy atom. The summed E-state index contributed by atoms with van der Waals surface area (Å²) in [6.45, 7) is 0.